The molecule has 7 heteroatoms. The summed E-state index contributed by atoms with van der Waals surface area (Å²) in [5.74, 6) is -1.77. The number of carbonyl (C=O) groups excluding carboxylic acids is 2. The van der Waals surface area contributed by atoms with Gasteiger partial charge in [-0.1, -0.05) is 0 Å². The van der Waals surface area contributed by atoms with E-state index in [0.29, 0.717) is 18.8 Å². The lowest BCUT2D eigenvalue weighted by Crippen LogP contribution is -2.23. The fraction of sp³-hybridized carbons (Fsp3) is 0.444. The van der Waals surface area contributed by atoms with Gasteiger partial charge in [-0.25, -0.2) is 4.79 Å². The van der Waals surface area contributed by atoms with Crippen molar-refractivity contribution in [2.75, 3.05) is 26.1 Å². The predicted molar refractivity (Wildman–Crippen MR) is 54.7 cm³/mol. The Morgan fingerprint density at radius 2 is 2.25 bits per heavy atom. The summed E-state index contributed by atoms with van der Waals surface area (Å²) in [5.41, 5.74) is 0.437. The Balaban J connectivity index is 2.51. The summed E-state index contributed by atoms with van der Waals surface area (Å²) in [5, 5.41) is 6.31. The number of hydrogen-bond donors (Lipinski definition) is 1. The Bertz CT molecular complexity index is 375. The second kappa shape index (κ2) is 5.86. The van der Waals surface area contributed by atoms with Gasteiger partial charge in [0.2, 0.25) is 0 Å². The molecule has 0 unspecified atom stereocenters. The maximum absolute atomic E-state index is 11.1. The van der Waals surface area contributed by atoms with Gasteiger partial charge in [0.05, 0.1) is 32.1 Å². The first-order valence-corrected chi connectivity index (χ1v) is 4.58. The molecule has 0 spiro atoms. The molecule has 1 aromatic heterocycles. The van der Waals surface area contributed by atoms with E-state index < -0.39 is 11.9 Å². The van der Waals surface area contributed by atoms with Gasteiger partial charge in [0.1, 0.15) is 0 Å². The number of aromatic nitrogens is 2. The van der Waals surface area contributed by atoms with Crippen molar-refractivity contribution in [3.05, 3.63) is 12.4 Å². The van der Waals surface area contributed by atoms with Gasteiger partial charge in [-0.3, -0.25) is 9.48 Å². The lowest BCUT2D eigenvalue weighted by molar-refractivity contribution is -0.150. The maximum Gasteiger partial charge on any atom is 0.396 e. The highest BCUT2D eigenvalue weighted by atomic mass is 16.5. The molecule has 1 N–H and O–H groups in total. The van der Waals surface area contributed by atoms with Gasteiger partial charge >= 0.3 is 11.9 Å². The molecule has 0 saturated heterocycles. The first-order chi connectivity index (χ1) is 7.67. The summed E-state index contributed by atoms with van der Waals surface area (Å²) in [6.45, 7) is 1.09. The second-order valence-corrected chi connectivity index (χ2v) is 2.93. The van der Waals surface area contributed by atoms with Crippen LogP contribution in [0.2, 0.25) is 0 Å². The zero-order chi connectivity index (χ0) is 12.0. The first-order valence-electron chi connectivity index (χ1n) is 4.58. The molecule has 0 aliphatic heterocycles. The molecule has 0 aromatic carbocycles. The number of amides is 1. The number of methoxy groups -OCH3 is 2. The number of nitrogens with one attached hydrogen (secondary N) is 1. The standard InChI is InChI=1S/C9H13N3O4/c1-15-4-3-12-6-7(5-10-12)11-8(13)9(14)16-2/h5-6H,3-4H2,1-2H3,(H,11,13). The molecule has 88 valence electrons. The largest absolute Gasteiger partial charge is 0.462 e. The van der Waals surface area contributed by atoms with Crippen molar-refractivity contribution >= 4 is 17.6 Å². The van der Waals surface area contributed by atoms with Gasteiger partial charge < -0.3 is 14.8 Å². The SMILES string of the molecule is COCCn1cc(NC(=O)C(=O)OC)cn1. The fourth-order valence-corrected chi connectivity index (χ4v) is 1.01. The number of hydrogen-bond acceptors (Lipinski definition) is 5. The van der Waals surface area contributed by atoms with E-state index in [1.165, 1.54) is 6.20 Å². The van der Waals surface area contributed by atoms with Crippen molar-refractivity contribution in [1.29, 1.82) is 0 Å². The fourth-order valence-electron chi connectivity index (χ4n) is 1.01. The van der Waals surface area contributed by atoms with Gasteiger partial charge in [0.15, 0.2) is 0 Å². The van der Waals surface area contributed by atoms with Crippen LogP contribution in [0.3, 0.4) is 0 Å². The molecular formula is C9H13N3O4. The molecule has 0 aliphatic carbocycles. The van der Waals surface area contributed by atoms with Crippen LogP contribution in [0.1, 0.15) is 0 Å². The van der Waals surface area contributed by atoms with Crippen molar-refractivity contribution in [2.45, 2.75) is 6.54 Å². The van der Waals surface area contributed by atoms with E-state index in [0.717, 1.165) is 7.11 Å². The smallest absolute Gasteiger partial charge is 0.396 e. The molecule has 0 atom stereocenters. The third kappa shape index (κ3) is 3.35. The highest BCUT2D eigenvalue weighted by Gasteiger charge is 2.14. The second-order valence-electron chi connectivity index (χ2n) is 2.93. The lowest BCUT2D eigenvalue weighted by atomic mass is 10.5. The van der Waals surface area contributed by atoms with Crippen LogP contribution in [0.4, 0.5) is 5.69 Å². The van der Waals surface area contributed by atoms with Crippen LogP contribution in [0, 0.1) is 0 Å². The Morgan fingerprint density at radius 3 is 2.88 bits per heavy atom. The Morgan fingerprint density at radius 1 is 1.50 bits per heavy atom. The minimum absolute atomic E-state index is 0.437. The quantitative estimate of drug-likeness (QED) is 0.561. The molecule has 1 heterocycles. The Labute approximate surface area is 92.3 Å². The first kappa shape index (κ1) is 12.2. The van der Waals surface area contributed by atoms with Gasteiger partial charge in [-0.15, -0.1) is 0 Å². The molecule has 0 aliphatic rings. The van der Waals surface area contributed by atoms with Crippen LogP contribution in [0.25, 0.3) is 0 Å². The molecule has 1 rings (SSSR count). The molecular weight excluding hydrogens is 214 g/mol. The number of carbonyl (C=O) groups is 2. The molecule has 16 heavy (non-hydrogen) atoms. The van der Waals surface area contributed by atoms with Gasteiger partial charge in [-0.05, 0) is 0 Å². The van der Waals surface area contributed by atoms with Gasteiger partial charge in [-0.2, -0.15) is 5.10 Å². The van der Waals surface area contributed by atoms with Crippen LogP contribution >= 0.6 is 0 Å². The minimum Gasteiger partial charge on any atom is -0.462 e. The highest BCUT2D eigenvalue weighted by molar-refractivity contribution is 6.37. The Hall–Kier alpha value is -1.89. The maximum atomic E-state index is 11.1. The van der Waals surface area contributed by atoms with Crippen molar-refractivity contribution in [3.8, 4) is 0 Å². The minimum atomic E-state index is -0.940. The van der Waals surface area contributed by atoms with E-state index >= 15 is 0 Å². The zero-order valence-electron chi connectivity index (χ0n) is 9.10. The third-order valence-electron chi connectivity index (χ3n) is 1.79. The number of ether oxygens (including phenoxy) is 2. The number of esters is 1. The van der Waals surface area contributed by atoms with E-state index in [4.69, 9.17) is 4.74 Å². The van der Waals surface area contributed by atoms with Crippen molar-refractivity contribution < 1.29 is 19.1 Å². The summed E-state index contributed by atoms with van der Waals surface area (Å²) in [7, 11) is 2.73. The lowest BCUT2D eigenvalue weighted by Gasteiger charge is -2.00. The van der Waals surface area contributed by atoms with Gasteiger partial charge in [0, 0.05) is 13.3 Å². The Kier molecular flexibility index (Phi) is 4.46. The summed E-state index contributed by atoms with van der Waals surface area (Å²) < 4.78 is 10.7. The summed E-state index contributed by atoms with van der Waals surface area (Å²) in [6, 6.07) is 0. The average Bonchev–Trinajstić information content (AvgIpc) is 2.72. The zero-order valence-corrected chi connectivity index (χ0v) is 9.10. The number of rotatable bonds is 4. The van der Waals surface area contributed by atoms with E-state index in [1.54, 1.807) is 18.0 Å². The predicted octanol–water partition coefficient (Wildman–Crippen LogP) is -0.359. The monoisotopic (exact) mass is 227 g/mol. The van der Waals surface area contributed by atoms with E-state index in [9.17, 15) is 9.59 Å². The van der Waals surface area contributed by atoms with Crippen molar-refractivity contribution in [1.82, 2.24) is 9.78 Å². The molecule has 0 bridgehead atoms. The van der Waals surface area contributed by atoms with Crippen LogP contribution in [0.5, 0.6) is 0 Å². The van der Waals surface area contributed by atoms with Crippen LogP contribution < -0.4 is 5.32 Å². The van der Waals surface area contributed by atoms with Crippen LogP contribution in [0.15, 0.2) is 12.4 Å². The van der Waals surface area contributed by atoms with Crippen LogP contribution in [-0.2, 0) is 25.6 Å². The van der Waals surface area contributed by atoms with Crippen molar-refractivity contribution in [3.63, 3.8) is 0 Å². The molecule has 1 amide bonds. The van der Waals surface area contributed by atoms with Gasteiger partial charge in [0.25, 0.3) is 0 Å². The average molecular weight is 227 g/mol. The van der Waals surface area contributed by atoms with Crippen LogP contribution in [-0.4, -0.2) is 42.5 Å². The highest BCUT2D eigenvalue weighted by Crippen LogP contribution is 2.04. The third-order valence-corrected chi connectivity index (χ3v) is 1.79. The normalized spacial score (nSPS) is 9.88. The topological polar surface area (TPSA) is 82.5 Å². The summed E-state index contributed by atoms with van der Waals surface area (Å²) in [4.78, 5) is 21.9. The molecule has 7 nitrogen and oxygen atoms in total. The summed E-state index contributed by atoms with van der Waals surface area (Å²) >= 11 is 0. The number of anilines is 1. The van der Waals surface area contributed by atoms with E-state index in [-0.39, 0.29) is 0 Å². The van der Waals surface area contributed by atoms with E-state index in [1.807, 2.05) is 0 Å². The molecule has 1 aromatic rings. The molecule has 0 fully saturated rings. The summed E-state index contributed by atoms with van der Waals surface area (Å²) in [6.07, 6.45) is 3.04. The number of nitrogens with zero attached hydrogens (tertiary/aromatic N) is 2. The van der Waals surface area contributed by atoms with E-state index in [2.05, 4.69) is 15.2 Å². The molecule has 0 saturated carbocycles. The van der Waals surface area contributed by atoms with Crippen molar-refractivity contribution in [2.24, 2.45) is 0 Å². The molecule has 0 radical (unpaired) electrons.